The van der Waals surface area contributed by atoms with E-state index in [4.69, 9.17) is 6.58 Å². The Labute approximate surface area is 434 Å². The predicted molar refractivity (Wildman–Crippen MR) is 290 cm³/mol. The molecule has 73 heavy (non-hydrogen) atoms. The topological polar surface area (TPSA) is 102 Å². The first kappa shape index (κ1) is 46.7. The molecule has 18 rings (SSSR count). The van der Waals surface area contributed by atoms with E-state index in [-0.39, 0.29) is 51.2 Å². The number of aliphatic hydroxyl groups excluding tert-OH is 2. The summed E-state index contributed by atoms with van der Waals surface area (Å²) in [6.07, 6.45) is 33.1. The molecule has 18 bridgehead atoms. The molecule has 6 heteroatoms. The summed E-state index contributed by atoms with van der Waals surface area (Å²) >= 11 is 0. The summed E-state index contributed by atoms with van der Waals surface area (Å²) in [4.78, 5) is 14.1. The average molecular weight is 975 g/mol. The van der Waals surface area contributed by atoms with Crippen LogP contribution in [0.4, 0.5) is 0 Å². The van der Waals surface area contributed by atoms with Gasteiger partial charge >= 0.3 is 5.97 Å². The molecule has 2 aromatic rings. The standard InChI is InChI=1S/C67H78N2O4/c1-41-23-25-51(61(72)73)60-56(70)39-66-31-11-19-47(63(60,66)2)36-54-55(66)38-64-28-13-30-65-29-9-8-21-49(59-50-20-7-6-16-45(50)35-53(52(59)37-64)67(54,62(64)65)32-27-57(65)71)44-18-10-17-43(34-44)46-24-26-58(69-40-46)68-33-12-22-48(41)42-14-4-3-5-15-42/h6-7,10,13,16-18,20,24,26,28,34-35,37,42,47-49,51,53,56-57,60,62,68-71H,1,3-5,11-12,14-15,19,21-23,25,27,29-33,36,38-40H2,2H3,(H,72,73)/t47-,48+,49+,51+,53+,56+,57-,60-,62?,63+,64+,65+,66-,67-/m0/s1. The molecule has 1 unspecified atom stereocenters. The summed E-state index contributed by atoms with van der Waals surface area (Å²) in [5.41, 5.74) is 9.56. The normalized spacial score (nSPS) is 42.2. The SMILES string of the molecule is C=C1CC[C@@H](C(=O)O)[C@H]2[C@H](O)C[C@@]34CCC[C@@H](CC5=C3C[C@@]36C=CC[C@]78CC#CC[C@@H](C9=c%10ccccc%10=C[C@H](C9=C3)[C@]5(CC[C@@H]7O)C68)c3cccc(c3)C3=CC=C(NCCC[C@H]1C1CCCCC1)NC3)[C@]24C. The van der Waals surface area contributed by atoms with E-state index in [0.29, 0.717) is 43.9 Å². The summed E-state index contributed by atoms with van der Waals surface area (Å²) in [5, 5.41) is 47.6. The molecule has 16 aliphatic rings. The first-order valence-electron chi connectivity index (χ1n) is 29.2. The second-order valence-electron chi connectivity index (χ2n) is 26.1. The van der Waals surface area contributed by atoms with Crippen LogP contribution >= 0.6 is 0 Å². The molecule has 0 radical (unpaired) electrons. The van der Waals surface area contributed by atoms with Gasteiger partial charge in [0.15, 0.2) is 0 Å². The number of aliphatic hydroxyl groups is 2. The van der Waals surface area contributed by atoms with Crippen molar-refractivity contribution in [3.63, 3.8) is 0 Å². The van der Waals surface area contributed by atoms with Crippen LogP contribution in [-0.4, -0.2) is 46.6 Å². The van der Waals surface area contributed by atoms with Crippen molar-refractivity contribution in [2.24, 2.45) is 68.5 Å². The van der Waals surface area contributed by atoms with Gasteiger partial charge in [-0.2, -0.15) is 0 Å². The van der Waals surface area contributed by atoms with Crippen molar-refractivity contribution in [3.8, 4) is 11.8 Å². The Morgan fingerprint density at radius 3 is 2.62 bits per heavy atom. The van der Waals surface area contributed by atoms with Crippen molar-refractivity contribution < 1.29 is 20.1 Å². The summed E-state index contributed by atoms with van der Waals surface area (Å²) in [6, 6.07) is 18.6. The van der Waals surface area contributed by atoms with Crippen LogP contribution in [0.3, 0.4) is 0 Å². The molecule has 5 N–H and O–H groups in total. The van der Waals surface area contributed by atoms with Gasteiger partial charge in [0.25, 0.3) is 0 Å². The average Bonchev–Trinajstić information content (AvgIpc) is 3.68. The highest BCUT2D eigenvalue weighted by Crippen LogP contribution is 2.83. The number of dihydropyridines is 1. The molecule has 4 fully saturated rings. The highest BCUT2D eigenvalue weighted by Gasteiger charge is 2.77. The minimum absolute atomic E-state index is 0.0436. The number of rotatable bonds is 2. The molecule has 2 aromatic carbocycles. The number of hydrogen-bond donors (Lipinski definition) is 5. The minimum Gasteiger partial charge on any atom is -0.481 e. The number of nitrogens with one attached hydrogen (secondary N) is 2. The fraction of sp³-hybridized carbons (Fsp3) is 0.567. The zero-order chi connectivity index (χ0) is 49.5. The highest BCUT2D eigenvalue weighted by atomic mass is 16.4. The van der Waals surface area contributed by atoms with Crippen LogP contribution in [-0.2, 0) is 4.79 Å². The summed E-state index contributed by atoms with van der Waals surface area (Å²) in [7, 11) is 0. The monoisotopic (exact) mass is 975 g/mol. The molecule has 2 spiro atoms. The van der Waals surface area contributed by atoms with E-state index < -0.39 is 29.5 Å². The molecule has 380 valence electrons. The Morgan fingerprint density at radius 1 is 0.890 bits per heavy atom. The van der Waals surface area contributed by atoms with Crippen LogP contribution in [0.15, 0.2) is 114 Å². The number of aliphatic carboxylic acids is 1. The van der Waals surface area contributed by atoms with E-state index >= 15 is 0 Å². The lowest BCUT2D eigenvalue weighted by Gasteiger charge is -2.74. The Morgan fingerprint density at radius 2 is 1.77 bits per heavy atom. The first-order valence-corrected chi connectivity index (χ1v) is 29.2. The second kappa shape index (κ2) is 17.1. The lowest BCUT2D eigenvalue weighted by atomic mass is 9.29. The molecule has 0 amide bonds. The van der Waals surface area contributed by atoms with Gasteiger partial charge in [0.05, 0.1) is 23.9 Å². The molecule has 14 atom stereocenters. The predicted octanol–water partition coefficient (Wildman–Crippen LogP) is 11.2. The molecular weight excluding hydrogens is 897 g/mol. The maximum absolute atomic E-state index is 14.1. The molecule has 4 saturated carbocycles. The van der Waals surface area contributed by atoms with Crippen LogP contribution < -0.4 is 21.1 Å². The van der Waals surface area contributed by atoms with Crippen LogP contribution in [0, 0.1) is 80.3 Å². The van der Waals surface area contributed by atoms with E-state index in [1.165, 1.54) is 76.0 Å². The number of hydrogen-bond acceptors (Lipinski definition) is 5. The van der Waals surface area contributed by atoms with E-state index in [0.717, 1.165) is 83.1 Å². The van der Waals surface area contributed by atoms with Gasteiger partial charge < -0.3 is 26.0 Å². The van der Waals surface area contributed by atoms with Gasteiger partial charge in [-0.1, -0.05) is 135 Å². The fourth-order valence-electron chi connectivity index (χ4n) is 20.7. The fourth-order valence-corrected chi connectivity index (χ4v) is 20.7. The number of carbonyl (C=O) groups is 1. The third-order valence-corrected chi connectivity index (χ3v) is 23.5. The molecule has 6 aliphatic heterocycles. The van der Waals surface area contributed by atoms with Gasteiger partial charge in [-0.25, -0.2) is 0 Å². The Bertz CT molecular complexity index is 3040. The molecule has 10 aliphatic carbocycles. The smallest absolute Gasteiger partial charge is 0.306 e. The van der Waals surface area contributed by atoms with Gasteiger partial charge in [-0.05, 0) is 163 Å². The van der Waals surface area contributed by atoms with Gasteiger partial charge in [-0.3, -0.25) is 4.79 Å². The number of allylic oxidation sites excluding steroid dienone is 9. The maximum Gasteiger partial charge on any atom is 0.306 e. The summed E-state index contributed by atoms with van der Waals surface area (Å²) in [5.74, 6) is 8.66. The van der Waals surface area contributed by atoms with Crippen molar-refractivity contribution in [3.05, 3.63) is 135 Å². The quantitative estimate of drug-likeness (QED) is 0.152. The largest absolute Gasteiger partial charge is 0.481 e. The van der Waals surface area contributed by atoms with Crippen LogP contribution in [0.2, 0.25) is 0 Å². The van der Waals surface area contributed by atoms with Gasteiger partial charge in [0.2, 0.25) is 0 Å². The molecule has 6 heterocycles. The second-order valence-corrected chi connectivity index (χ2v) is 26.1. The Kier molecular flexibility index (Phi) is 10.9. The van der Waals surface area contributed by atoms with E-state index in [1.807, 2.05) is 0 Å². The molecule has 0 aromatic heterocycles. The minimum atomic E-state index is -0.734. The summed E-state index contributed by atoms with van der Waals surface area (Å²) < 4.78 is 0. The van der Waals surface area contributed by atoms with E-state index in [1.54, 1.807) is 11.1 Å². The Hall–Kier alpha value is -4.83. The number of carboxylic acid groups (broad SMARTS) is 1. The third kappa shape index (κ3) is 6.52. The van der Waals surface area contributed by atoms with Gasteiger partial charge in [-0.15, -0.1) is 11.8 Å². The molecular formula is C67H78N2O4. The third-order valence-electron chi connectivity index (χ3n) is 23.5. The summed E-state index contributed by atoms with van der Waals surface area (Å²) in [6.45, 7) is 8.96. The van der Waals surface area contributed by atoms with Crippen molar-refractivity contribution >= 4 is 23.2 Å². The van der Waals surface area contributed by atoms with Crippen LogP contribution in [0.5, 0.6) is 0 Å². The zero-order valence-electron chi connectivity index (χ0n) is 43.4. The molecule has 6 nitrogen and oxygen atoms in total. The lowest BCUT2D eigenvalue weighted by Crippen LogP contribution is -2.69. The van der Waals surface area contributed by atoms with Gasteiger partial charge in [0, 0.05) is 65.3 Å². The number of carboxylic acids is 1. The van der Waals surface area contributed by atoms with Crippen molar-refractivity contribution in [1.82, 2.24) is 10.6 Å². The van der Waals surface area contributed by atoms with E-state index in [9.17, 15) is 20.1 Å². The van der Waals surface area contributed by atoms with E-state index in [2.05, 4.69) is 114 Å². The molecule has 0 saturated heterocycles. The number of benzene rings is 2. The maximum atomic E-state index is 14.1. The van der Waals surface area contributed by atoms with Crippen LogP contribution in [0.1, 0.15) is 152 Å². The highest BCUT2D eigenvalue weighted by molar-refractivity contribution is 5.80. The number of fused-ring (bicyclic) bond motifs is 1. The first-order chi connectivity index (χ1) is 35.5. The zero-order valence-corrected chi connectivity index (χ0v) is 43.4. The van der Waals surface area contributed by atoms with Gasteiger partial charge in [0.1, 0.15) is 0 Å². The van der Waals surface area contributed by atoms with Crippen molar-refractivity contribution in [2.45, 2.75) is 153 Å². The van der Waals surface area contributed by atoms with Crippen LogP contribution in [0.25, 0.3) is 17.2 Å². The Balaban J connectivity index is 0.993. The lowest BCUT2D eigenvalue weighted by molar-refractivity contribution is -0.174. The van der Waals surface area contributed by atoms with Crippen molar-refractivity contribution in [1.29, 1.82) is 0 Å². The van der Waals surface area contributed by atoms with Crippen molar-refractivity contribution in [2.75, 3.05) is 13.1 Å².